The molecule has 3 heteroatoms. The molecular formula is C23H17N3. The molecule has 26 heavy (non-hydrogen) atoms. The molecule has 0 N–H and O–H groups in total. The predicted octanol–water partition coefficient (Wildman–Crippen LogP) is 5.55. The Bertz CT molecular complexity index is 1240. The topological polar surface area (TPSA) is 30.7 Å². The van der Waals surface area contributed by atoms with E-state index in [1.807, 2.05) is 25.1 Å². The molecule has 0 radical (unpaired) electrons. The van der Waals surface area contributed by atoms with Gasteiger partial charge in [-0.3, -0.25) is 9.55 Å². The van der Waals surface area contributed by atoms with Crippen LogP contribution in [-0.4, -0.2) is 14.5 Å². The van der Waals surface area contributed by atoms with Gasteiger partial charge in [-0.1, -0.05) is 48.5 Å². The average Bonchev–Trinajstić information content (AvgIpc) is 3.07. The van der Waals surface area contributed by atoms with Crippen LogP contribution in [0.1, 0.15) is 5.69 Å². The molecule has 5 rings (SSSR count). The van der Waals surface area contributed by atoms with E-state index in [0.717, 1.165) is 44.7 Å². The van der Waals surface area contributed by atoms with Gasteiger partial charge in [-0.15, -0.1) is 0 Å². The molecule has 0 bridgehead atoms. The lowest BCUT2D eigenvalue weighted by atomic mass is 10.1. The van der Waals surface area contributed by atoms with E-state index in [2.05, 4.69) is 76.3 Å². The molecule has 0 spiro atoms. The van der Waals surface area contributed by atoms with Crippen molar-refractivity contribution in [1.82, 2.24) is 14.5 Å². The van der Waals surface area contributed by atoms with E-state index < -0.39 is 0 Å². The van der Waals surface area contributed by atoms with E-state index in [0.29, 0.717) is 0 Å². The van der Waals surface area contributed by atoms with Gasteiger partial charge in [0.1, 0.15) is 5.82 Å². The van der Waals surface area contributed by atoms with Crippen molar-refractivity contribution in [2.75, 3.05) is 0 Å². The lowest BCUT2D eigenvalue weighted by Crippen LogP contribution is -1.97. The first-order chi connectivity index (χ1) is 12.8. The summed E-state index contributed by atoms with van der Waals surface area (Å²) in [4.78, 5) is 9.60. The van der Waals surface area contributed by atoms with Gasteiger partial charge >= 0.3 is 0 Å². The van der Waals surface area contributed by atoms with Crippen molar-refractivity contribution < 1.29 is 0 Å². The average molecular weight is 335 g/mol. The molecule has 0 unspecified atom stereocenters. The van der Waals surface area contributed by atoms with Gasteiger partial charge in [-0.25, -0.2) is 4.98 Å². The van der Waals surface area contributed by atoms with Gasteiger partial charge in [-0.2, -0.15) is 0 Å². The number of imidazole rings is 1. The van der Waals surface area contributed by atoms with Crippen LogP contribution in [0.3, 0.4) is 0 Å². The number of para-hydroxylation sites is 3. The minimum atomic E-state index is 0.933. The number of benzene rings is 3. The molecule has 2 heterocycles. The van der Waals surface area contributed by atoms with Crippen molar-refractivity contribution >= 4 is 21.9 Å². The Morgan fingerprint density at radius 2 is 1.46 bits per heavy atom. The summed E-state index contributed by atoms with van der Waals surface area (Å²) in [6.07, 6.45) is 0. The molecule has 5 aromatic rings. The number of fused-ring (bicyclic) bond motifs is 2. The van der Waals surface area contributed by atoms with Crippen molar-refractivity contribution in [1.29, 1.82) is 0 Å². The van der Waals surface area contributed by atoms with Crippen molar-refractivity contribution in [3.63, 3.8) is 0 Å². The summed E-state index contributed by atoms with van der Waals surface area (Å²) in [5.74, 6) is 0.933. The minimum Gasteiger partial charge on any atom is -0.292 e. The smallest absolute Gasteiger partial charge is 0.145 e. The van der Waals surface area contributed by atoms with Crippen LogP contribution < -0.4 is 0 Å². The maximum Gasteiger partial charge on any atom is 0.145 e. The predicted molar refractivity (Wildman–Crippen MR) is 107 cm³/mol. The number of aryl methyl sites for hydroxylation is 1. The Kier molecular flexibility index (Phi) is 3.32. The van der Waals surface area contributed by atoms with E-state index in [-0.39, 0.29) is 0 Å². The van der Waals surface area contributed by atoms with E-state index in [1.54, 1.807) is 0 Å². The van der Waals surface area contributed by atoms with Gasteiger partial charge in [0.25, 0.3) is 0 Å². The van der Waals surface area contributed by atoms with Crippen LogP contribution in [0, 0.1) is 6.92 Å². The lowest BCUT2D eigenvalue weighted by molar-refractivity contribution is 1.10. The third-order valence-electron chi connectivity index (χ3n) is 4.66. The third-order valence-corrected chi connectivity index (χ3v) is 4.66. The highest BCUT2D eigenvalue weighted by molar-refractivity contribution is 5.87. The van der Waals surface area contributed by atoms with Gasteiger partial charge in [0.2, 0.25) is 0 Å². The van der Waals surface area contributed by atoms with Crippen molar-refractivity contribution in [3.8, 4) is 17.1 Å². The second-order valence-electron chi connectivity index (χ2n) is 6.46. The van der Waals surface area contributed by atoms with E-state index in [1.165, 1.54) is 0 Å². The van der Waals surface area contributed by atoms with Crippen LogP contribution in [0.5, 0.6) is 0 Å². The molecule has 2 aromatic heterocycles. The number of rotatable bonds is 2. The first kappa shape index (κ1) is 14.8. The molecule has 0 aliphatic heterocycles. The van der Waals surface area contributed by atoms with Crippen molar-refractivity contribution in [2.24, 2.45) is 0 Å². The Morgan fingerprint density at radius 1 is 0.692 bits per heavy atom. The summed E-state index contributed by atoms with van der Waals surface area (Å²) in [5.41, 5.74) is 6.28. The fourth-order valence-electron chi connectivity index (χ4n) is 3.42. The molecule has 0 saturated carbocycles. The zero-order valence-corrected chi connectivity index (χ0v) is 14.4. The number of aromatic nitrogens is 3. The Labute approximate surface area is 151 Å². The summed E-state index contributed by atoms with van der Waals surface area (Å²) in [7, 11) is 0. The molecule has 0 aliphatic carbocycles. The zero-order valence-electron chi connectivity index (χ0n) is 14.4. The summed E-state index contributed by atoms with van der Waals surface area (Å²) < 4.78 is 2.21. The SMILES string of the molecule is Cc1ccc2ccc(-c3nc4ccccc4n3-c3ccccc3)cc2n1. The fourth-order valence-corrected chi connectivity index (χ4v) is 3.42. The van der Waals surface area contributed by atoms with Gasteiger partial charge in [0, 0.05) is 22.3 Å². The maximum atomic E-state index is 4.92. The zero-order chi connectivity index (χ0) is 17.5. The molecule has 0 fully saturated rings. The molecule has 3 aromatic carbocycles. The summed E-state index contributed by atoms with van der Waals surface area (Å²) in [6, 6.07) is 29.1. The normalized spacial score (nSPS) is 11.3. The monoisotopic (exact) mass is 335 g/mol. The highest BCUT2D eigenvalue weighted by atomic mass is 15.1. The first-order valence-electron chi connectivity index (χ1n) is 8.70. The fraction of sp³-hybridized carbons (Fsp3) is 0.0435. The third kappa shape index (κ3) is 2.37. The van der Waals surface area contributed by atoms with Gasteiger partial charge in [-0.05, 0) is 43.3 Å². The van der Waals surface area contributed by atoms with E-state index in [4.69, 9.17) is 4.98 Å². The quantitative estimate of drug-likeness (QED) is 0.423. The van der Waals surface area contributed by atoms with Gasteiger partial charge in [0.15, 0.2) is 0 Å². The second-order valence-corrected chi connectivity index (χ2v) is 6.46. The van der Waals surface area contributed by atoms with E-state index >= 15 is 0 Å². The summed E-state index contributed by atoms with van der Waals surface area (Å²) >= 11 is 0. The molecule has 3 nitrogen and oxygen atoms in total. The van der Waals surface area contributed by atoms with Crippen molar-refractivity contribution in [2.45, 2.75) is 6.92 Å². The summed E-state index contributed by atoms with van der Waals surface area (Å²) in [6.45, 7) is 2.02. The first-order valence-corrected chi connectivity index (χ1v) is 8.70. The minimum absolute atomic E-state index is 0.933. The second kappa shape index (κ2) is 5.81. The molecule has 124 valence electrons. The largest absolute Gasteiger partial charge is 0.292 e. The van der Waals surface area contributed by atoms with Gasteiger partial charge in [0.05, 0.1) is 16.6 Å². The molecule has 0 saturated heterocycles. The highest BCUT2D eigenvalue weighted by Gasteiger charge is 2.14. The maximum absolute atomic E-state index is 4.92. The van der Waals surface area contributed by atoms with Crippen LogP contribution in [0.4, 0.5) is 0 Å². The molecule has 0 amide bonds. The van der Waals surface area contributed by atoms with Crippen LogP contribution in [0.25, 0.3) is 39.0 Å². The van der Waals surface area contributed by atoms with Crippen LogP contribution in [-0.2, 0) is 0 Å². The lowest BCUT2D eigenvalue weighted by Gasteiger charge is -2.10. The number of nitrogens with zero attached hydrogens (tertiary/aromatic N) is 3. The standard InChI is InChI=1S/C23H17N3/c1-16-11-12-17-13-14-18(15-21(17)24-16)23-25-20-9-5-6-10-22(20)26(23)19-7-3-2-4-8-19/h2-15H,1H3. The van der Waals surface area contributed by atoms with Crippen LogP contribution in [0.2, 0.25) is 0 Å². The van der Waals surface area contributed by atoms with Crippen LogP contribution in [0.15, 0.2) is 84.9 Å². The Balaban J connectivity index is 1.82. The Hall–Kier alpha value is -3.46. The number of hydrogen-bond donors (Lipinski definition) is 0. The Morgan fingerprint density at radius 3 is 2.35 bits per heavy atom. The summed E-state index contributed by atoms with van der Waals surface area (Å²) in [5, 5.41) is 1.14. The van der Waals surface area contributed by atoms with Crippen molar-refractivity contribution in [3.05, 3.63) is 90.6 Å². The number of pyridine rings is 1. The number of hydrogen-bond acceptors (Lipinski definition) is 2. The van der Waals surface area contributed by atoms with Crippen LogP contribution >= 0.6 is 0 Å². The van der Waals surface area contributed by atoms with E-state index in [9.17, 15) is 0 Å². The molecule has 0 aliphatic rings. The molecule has 0 atom stereocenters. The van der Waals surface area contributed by atoms with Gasteiger partial charge < -0.3 is 0 Å². The highest BCUT2D eigenvalue weighted by Crippen LogP contribution is 2.30. The molecular weight excluding hydrogens is 318 g/mol.